The zero-order valence-corrected chi connectivity index (χ0v) is 12.7. The fourth-order valence-electron chi connectivity index (χ4n) is 2.73. The number of rotatable bonds is 4. The van der Waals surface area contributed by atoms with Gasteiger partial charge in [0.05, 0.1) is 11.3 Å². The van der Waals surface area contributed by atoms with E-state index in [1.165, 1.54) is 0 Å². The maximum absolute atomic E-state index is 12.6. The van der Waals surface area contributed by atoms with Crippen LogP contribution in [0.2, 0.25) is 0 Å². The number of carbonyl (C=O) groups excluding carboxylic acids is 1. The molecule has 0 aromatic carbocycles. The van der Waals surface area contributed by atoms with E-state index in [1.54, 1.807) is 4.68 Å². The third-order valence-electron chi connectivity index (χ3n) is 4.06. The Kier molecular flexibility index (Phi) is 4.77. The van der Waals surface area contributed by atoms with E-state index in [1.807, 2.05) is 25.8 Å². The first-order valence-corrected chi connectivity index (χ1v) is 7.26. The van der Waals surface area contributed by atoms with E-state index in [0.29, 0.717) is 0 Å². The molecule has 6 heteroatoms. The van der Waals surface area contributed by atoms with E-state index in [-0.39, 0.29) is 5.91 Å². The molecule has 2 rings (SSSR count). The number of nitrogens with two attached hydrogens (primary N) is 1. The van der Waals surface area contributed by atoms with Gasteiger partial charge in [0.2, 0.25) is 0 Å². The Hall–Kier alpha value is -1.40. The Morgan fingerprint density at radius 1 is 1.25 bits per heavy atom. The smallest absolute Gasteiger partial charge is 0.257 e. The van der Waals surface area contributed by atoms with Gasteiger partial charge in [-0.05, 0) is 33.4 Å². The van der Waals surface area contributed by atoms with Gasteiger partial charge in [0, 0.05) is 38.9 Å². The Labute approximate surface area is 120 Å². The number of aromatic nitrogens is 2. The summed E-state index contributed by atoms with van der Waals surface area (Å²) in [5.74, 6) is 0.117. The molecule has 1 aliphatic rings. The van der Waals surface area contributed by atoms with Crippen LogP contribution in [0.3, 0.4) is 0 Å². The predicted octanol–water partition coefficient (Wildman–Crippen LogP) is 0.144. The number of piperazine rings is 1. The summed E-state index contributed by atoms with van der Waals surface area (Å²) in [6.45, 7) is 9.06. The second kappa shape index (κ2) is 6.37. The third-order valence-corrected chi connectivity index (χ3v) is 4.06. The van der Waals surface area contributed by atoms with Crippen molar-refractivity contribution in [1.82, 2.24) is 19.6 Å². The third kappa shape index (κ3) is 3.02. The zero-order valence-electron chi connectivity index (χ0n) is 12.7. The molecule has 6 nitrogen and oxygen atoms in total. The Morgan fingerprint density at radius 3 is 2.40 bits per heavy atom. The van der Waals surface area contributed by atoms with Crippen LogP contribution in [-0.2, 0) is 7.05 Å². The van der Waals surface area contributed by atoms with Crippen molar-refractivity contribution in [2.45, 2.75) is 20.3 Å². The lowest BCUT2D eigenvalue weighted by Crippen LogP contribution is -2.49. The average molecular weight is 279 g/mol. The minimum Gasteiger partial charge on any atom is -0.336 e. The van der Waals surface area contributed by atoms with Gasteiger partial charge in [0.15, 0.2) is 0 Å². The molecule has 2 heterocycles. The highest BCUT2D eigenvalue weighted by atomic mass is 16.2. The highest BCUT2D eigenvalue weighted by molar-refractivity contribution is 5.96. The summed E-state index contributed by atoms with van der Waals surface area (Å²) in [4.78, 5) is 16.9. The van der Waals surface area contributed by atoms with Gasteiger partial charge in [-0.2, -0.15) is 5.10 Å². The molecule has 1 fully saturated rings. The van der Waals surface area contributed by atoms with Gasteiger partial charge in [-0.15, -0.1) is 0 Å². The quantitative estimate of drug-likeness (QED) is 0.851. The van der Waals surface area contributed by atoms with Gasteiger partial charge in [-0.3, -0.25) is 14.4 Å². The highest BCUT2D eigenvalue weighted by Gasteiger charge is 2.26. The van der Waals surface area contributed by atoms with Crippen LogP contribution in [0.1, 0.15) is 28.2 Å². The molecule has 1 aromatic rings. The monoisotopic (exact) mass is 279 g/mol. The van der Waals surface area contributed by atoms with E-state index in [2.05, 4.69) is 10.00 Å². The molecule has 0 radical (unpaired) electrons. The van der Waals surface area contributed by atoms with Crippen molar-refractivity contribution in [3.05, 3.63) is 17.0 Å². The van der Waals surface area contributed by atoms with Crippen LogP contribution in [-0.4, -0.2) is 64.8 Å². The van der Waals surface area contributed by atoms with Crippen LogP contribution in [0, 0.1) is 13.8 Å². The second-order valence-electron chi connectivity index (χ2n) is 5.45. The lowest BCUT2D eigenvalue weighted by atomic mass is 10.1. The number of nitrogens with zero attached hydrogens (tertiary/aromatic N) is 4. The largest absolute Gasteiger partial charge is 0.336 e. The van der Waals surface area contributed by atoms with Crippen molar-refractivity contribution in [2.24, 2.45) is 12.8 Å². The minimum absolute atomic E-state index is 0.117. The molecule has 0 spiro atoms. The van der Waals surface area contributed by atoms with Gasteiger partial charge < -0.3 is 10.6 Å². The molecule has 112 valence electrons. The summed E-state index contributed by atoms with van der Waals surface area (Å²) in [7, 11) is 1.88. The molecule has 1 saturated heterocycles. The van der Waals surface area contributed by atoms with Crippen molar-refractivity contribution < 1.29 is 4.79 Å². The van der Waals surface area contributed by atoms with Crippen molar-refractivity contribution in [3.8, 4) is 0 Å². The van der Waals surface area contributed by atoms with Crippen LogP contribution >= 0.6 is 0 Å². The van der Waals surface area contributed by atoms with Gasteiger partial charge >= 0.3 is 0 Å². The lowest BCUT2D eigenvalue weighted by molar-refractivity contribution is 0.0635. The van der Waals surface area contributed by atoms with Gasteiger partial charge in [-0.25, -0.2) is 0 Å². The van der Waals surface area contributed by atoms with Crippen molar-refractivity contribution in [2.75, 3.05) is 39.3 Å². The number of hydrogen-bond acceptors (Lipinski definition) is 4. The number of amides is 1. The van der Waals surface area contributed by atoms with Crippen LogP contribution < -0.4 is 5.73 Å². The molecule has 0 unspecified atom stereocenters. The normalized spacial score (nSPS) is 16.7. The average Bonchev–Trinajstić information content (AvgIpc) is 2.70. The molecular weight excluding hydrogens is 254 g/mol. The van der Waals surface area contributed by atoms with Gasteiger partial charge in [0.1, 0.15) is 0 Å². The fourth-order valence-corrected chi connectivity index (χ4v) is 2.73. The Bertz CT molecular complexity index is 474. The molecule has 0 aliphatic carbocycles. The fraction of sp³-hybridized carbons (Fsp3) is 0.714. The SMILES string of the molecule is Cc1nn(C)c(C)c1C(=O)N1CCN(CCCN)CC1. The molecule has 0 atom stereocenters. The van der Waals surface area contributed by atoms with E-state index >= 15 is 0 Å². The molecule has 0 saturated carbocycles. The van der Waals surface area contributed by atoms with Crippen LogP contribution in [0.15, 0.2) is 0 Å². The summed E-state index contributed by atoms with van der Waals surface area (Å²) in [5, 5.41) is 4.33. The summed E-state index contributed by atoms with van der Waals surface area (Å²) < 4.78 is 1.78. The van der Waals surface area contributed by atoms with E-state index in [9.17, 15) is 4.79 Å². The second-order valence-corrected chi connectivity index (χ2v) is 5.45. The summed E-state index contributed by atoms with van der Waals surface area (Å²) in [6, 6.07) is 0. The first-order valence-electron chi connectivity index (χ1n) is 7.26. The lowest BCUT2D eigenvalue weighted by Gasteiger charge is -2.34. The van der Waals surface area contributed by atoms with Crippen LogP contribution in [0.25, 0.3) is 0 Å². The van der Waals surface area contributed by atoms with Crippen molar-refractivity contribution in [3.63, 3.8) is 0 Å². The van der Waals surface area contributed by atoms with E-state index in [0.717, 1.165) is 62.6 Å². The Balaban J connectivity index is 1.98. The number of carbonyl (C=O) groups is 1. The van der Waals surface area contributed by atoms with Gasteiger partial charge in [0.25, 0.3) is 5.91 Å². The highest BCUT2D eigenvalue weighted by Crippen LogP contribution is 2.16. The Morgan fingerprint density at radius 2 is 1.90 bits per heavy atom. The number of hydrogen-bond donors (Lipinski definition) is 1. The predicted molar refractivity (Wildman–Crippen MR) is 78.7 cm³/mol. The van der Waals surface area contributed by atoms with E-state index < -0.39 is 0 Å². The molecule has 1 amide bonds. The first kappa shape index (κ1) is 15.0. The van der Waals surface area contributed by atoms with Crippen molar-refractivity contribution in [1.29, 1.82) is 0 Å². The standard InChI is InChI=1S/C14H25N5O/c1-11-13(12(2)17(3)16-11)14(20)19-9-7-18(8-10-19)6-4-5-15/h4-10,15H2,1-3H3. The van der Waals surface area contributed by atoms with Gasteiger partial charge in [-0.1, -0.05) is 0 Å². The molecule has 1 aromatic heterocycles. The molecule has 0 bridgehead atoms. The van der Waals surface area contributed by atoms with Crippen LogP contribution in [0.5, 0.6) is 0 Å². The van der Waals surface area contributed by atoms with Crippen LogP contribution in [0.4, 0.5) is 0 Å². The zero-order chi connectivity index (χ0) is 14.7. The topological polar surface area (TPSA) is 67.4 Å². The maximum Gasteiger partial charge on any atom is 0.257 e. The summed E-state index contributed by atoms with van der Waals surface area (Å²) in [6.07, 6.45) is 1.02. The molecule has 1 aliphatic heterocycles. The molecule has 2 N–H and O–H groups in total. The first-order chi connectivity index (χ1) is 9.54. The minimum atomic E-state index is 0.117. The van der Waals surface area contributed by atoms with Crippen molar-refractivity contribution >= 4 is 5.91 Å². The molecule has 20 heavy (non-hydrogen) atoms. The number of aryl methyl sites for hydroxylation is 2. The summed E-state index contributed by atoms with van der Waals surface area (Å²) in [5.41, 5.74) is 8.06. The molecular formula is C14H25N5O. The maximum atomic E-state index is 12.6. The summed E-state index contributed by atoms with van der Waals surface area (Å²) >= 11 is 0. The van der Waals surface area contributed by atoms with E-state index in [4.69, 9.17) is 5.73 Å².